The number of ether oxygens (including phenoxy) is 3. The fourth-order valence-corrected chi connectivity index (χ4v) is 20.4. The van der Waals surface area contributed by atoms with Crippen molar-refractivity contribution in [1.82, 2.24) is 0 Å². The van der Waals surface area contributed by atoms with Crippen LogP contribution in [0.5, 0.6) is 17.2 Å². The summed E-state index contributed by atoms with van der Waals surface area (Å²) >= 11 is 5.65. The molecule has 0 radical (unpaired) electrons. The maximum Gasteiger partial charge on any atom is 0.149 e. The maximum absolute atomic E-state index is 6.12. The molecule has 0 bridgehead atoms. The molecule has 0 amide bonds. The Balaban J connectivity index is 0.861. The van der Waals surface area contributed by atoms with Crippen LogP contribution in [0.1, 0.15) is 85.5 Å². The van der Waals surface area contributed by atoms with E-state index in [1.165, 1.54) is 98.1 Å². The summed E-state index contributed by atoms with van der Waals surface area (Å²) < 4.78 is 18.4. The van der Waals surface area contributed by atoms with Gasteiger partial charge in [-0.05, 0) is 228 Å². The highest BCUT2D eigenvalue weighted by molar-refractivity contribution is 7.21. The molecule has 3 aliphatic carbocycles. The number of rotatable bonds is 15. The van der Waals surface area contributed by atoms with Gasteiger partial charge < -0.3 is 14.2 Å². The molecular formula is C93H63NO3S3. The van der Waals surface area contributed by atoms with Gasteiger partial charge >= 0.3 is 0 Å². The quantitative estimate of drug-likeness (QED) is 0.0957. The molecule has 15 aromatic rings. The first-order valence-corrected chi connectivity index (χ1v) is 36.3. The van der Waals surface area contributed by atoms with Gasteiger partial charge in [0.2, 0.25) is 0 Å². The van der Waals surface area contributed by atoms with E-state index in [0.717, 1.165) is 64.6 Å². The number of fused-ring (bicyclic) bond motifs is 12. The van der Waals surface area contributed by atoms with Crippen LogP contribution >= 0.6 is 34.0 Å². The number of anilines is 3. The minimum atomic E-state index is -0.676. The van der Waals surface area contributed by atoms with Crippen LogP contribution in [0, 0.1) is 35.5 Å². The molecule has 476 valence electrons. The number of nitrogens with zero attached hydrogens (tertiary/aromatic N) is 1. The summed E-state index contributed by atoms with van der Waals surface area (Å²) in [7, 11) is 0. The van der Waals surface area contributed by atoms with E-state index in [1.54, 1.807) is 0 Å². The zero-order valence-electron chi connectivity index (χ0n) is 55.2. The molecule has 0 saturated carbocycles. The molecule has 3 aromatic heterocycles. The van der Waals surface area contributed by atoms with Crippen molar-refractivity contribution in [2.24, 2.45) is 0 Å². The predicted octanol–water partition coefficient (Wildman–Crippen LogP) is 23.1. The second-order valence-corrected chi connectivity index (χ2v) is 28.8. The SMILES string of the molecule is CC#CCOc1ccc2cc(C3(c4ccc(N(c5ccc(C6(c7ccc8cc(OCC#CC)ccc8c7)c7ccccc7-c7ccccc76)s5)c5ccc(C6(c7ccc8cc(OCC#CC)ccc8c7)c7ccccc7-c7ccccc76)s5)s4)c4ccccc4-c4ccccc43)ccc2c1. The van der Waals surface area contributed by atoms with Crippen LogP contribution in [-0.4, -0.2) is 19.8 Å². The smallest absolute Gasteiger partial charge is 0.149 e. The molecule has 0 atom stereocenters. The average molecular weight is 1340 g/mol. The summed E-state index contributed by atoms with van der Waals surface area (Å²) in [6.45, 7) is 6.56. The molecule has 4 nitrogen and oxygen atoms in total. The van der Waals surface area contributed by atoms with E-state index in [4.69, 9.17) is 14.2 Å². The van der Waals surface area contributed by atoms with E-state index < -0.39 is 16.2 Å². The summed E-state index contributed by atoms with van der Waals surface area (Å²) in [4.78, 5) is 6.27. The van der Waals surface area contributed by atoms with Crippen molar-refractivity contribution in [3.05, 3.63) is 356 Å². The van der Waals surface area contributed by atoms with Crippen molar-refractivity contribution in [1.29, 1.82) is 0 Å². The summed E-state index contributed by atoms with van der Waals surface area (Å²) in [5, 5.41) is 10.1. The minimum Gasteiger partial charge on any atom is -0.481 e. The first kappa shape index (κ1) is 60.8. The first-order chi connectivity index (χ1) is 49.4. The van der Waals surface area contributed by atoms with Crippen LogP contribution in [0.4, 0.5) is 15.0 Å². The summed E-state index contributed by atoms with van der Waals surface area (Å²) in [5.41, 5.74) is 16.6. The summed E-state index contributed by atoms with van der Waals surface area (Å²) in [6, 6.07) is 109. The van der Waals surface area contributed by atoms with Crippen LogP contribution in [0.15, 0.2) is 291 Å². The van der Waals surface area contributed by atoms with E-state index in [1.807, 2.05) is 54.8 Å². The lowest BCUT2D eigenvalue weighted by atomic mass is 9.71. The molecule has 18 rings (SSSR count). The second-order valence-electron chi connectivity index (χ2n) is 25.6. The average Bonchev–Trinajstić information content (AvgIpc) is 1.55. The van der Waals surface area contributed by atoms with Crippen molar-refractivity contribution in [3.63, 3.8) is 0 Å². The van der Waals surface area contributed by atoms with E-state index in [-0.39, 0.29) is 0 Å². The summed E-state index contributed by atoms with van der Waals surface area (Å²) in [5.74, 6) is 20.5. The van der Waals surface area contributed by atoms with E-state index >= 15 is 0 Å². The molecule has 3 heterocycles. The molecule has 0 aliphatic heterocycles. The predicted molar refractivity (Wildman–Crippen MR) is 416 cm³/mol. The molecule has 0 fully saturated rings. The molecule has 0 unspecified atom stereocenters. The molecular weight excluding hydrogens is 1280 g/mol. The Kier molecular flexibility index (Phi) is 15.0. The van der Waals surface area contributed by atoms with Gasteiger partial charge in [-0.1, -0.05) is 218 Å². The van der Waals surface area contributed by atoms with Crippen molar-refractivity contribution < 1.29 is 14.2 Å². The van der Waals surface area contributed by atoms with Crippen LogP contribution in [-0.2, 0) is 16.2 Å². The molecule has 7 heteroatoms. The molecule has 12 aromatic carbocycles. The number of hydrogen-bond acceptors (Lipinski definition) is 7. The number of benzene rings is 12. The monoisotopic (exact) mass is 1340 g/mol. The van der Waals surface area contributed by atoms with Gasteiger partial charge in [-0.25, -0.2) is 0 Å². The van der Waals surface area contributed by atoms with Gasteiger partial charge in [0.15, 0.2) is 0 Å². The zero-order valence-corrected chi connectivity index (χ0v) is 57.7. The number of hydrogen-bond donors (Lipinski definition) is 0. The molecule has 0 saturated heterocycles. The van der Waals surface area contributed by atoms with Crippen molar-refractivity contribution in [2.75, 3.05) is 24.7 Å². The third-order valence-electron chi connectivity index (χ3n) is 20.6. The van der Waals surface area contributed by atoms with Gasteiger partial charge in [-0.15, -0.1) is 51.8 Å². The third-order valence-corrected chi connectivity index (χ3v) is 24.2. The maximum atomic E-state index is 6.12. The molecule has 3 aliphatic rings. The minimum absolute atomic E-state index is 0.343. The van der Waals surface area contributed by atoms with Crippen LogP contribution in [0.3, 0.4) is 0 Å². The lowest BCUT2D eigenvalue weighted by molar-refractivity contribution is 0.370. The fraction of sp³-hybridized carbons (Fsp3) is 0.0968. The Morgan fingerprint density at radius 2 is 0.510 bits per heavy atom. The first-order valence-electron chi connectivity index (χ1n) is 33.8. The lowest BCUT2D eigenvalue weighted by Crippen LogP contribution is -2.27. The van der Waals surface area contributed by atoms with Crippen LogP contribution < -0.4 is 19.1 Å². The lowest BCUT2D eigenvalue weighted by Gasteiger charge is -2.33. The van der Waals surface area contributed by atoms with Gasteiger partial charge in [0, 0.05) is 14.6 Å². The highest BCUT2D eigenvalue weighted by Crippen LogP contribution is 2.64. The molecule has 0 N–H and O–H groups in total. The van der Waals surface area contributed by atoms with Gasteiger partial charge in [0.25, 0.3) is 0 Å². The highest BCUT2D eigenvalue weighted by Gasteiger charge is 2.51. The number of thiophene rings is 3. The fourth-order valence-electron chi connectivity index (χ4n) is 16.4. The standard InChI is InChI=1S/C93H63NO3S3/c1-4-7-52-95-70-43-37-61-55-67(40-34-64(61)58-70)91(79-28-16-10-22-73(79)74-23-11-17-29-80(74)91)85-46-49-88(98-85)94(89-50-47-86(99-89)92(81-30-18-12-24-75(81)76-25-13-19-31-82(76)92)68-41-35-65-59-71(96-53-8-5-2)44-38-62(65)56-68)90-51-48-87(100-90)93(83-32-20-14-26-77(83)78-27-15-21-33-84(78)93)69-42-36-66-60-72(97-54-9-6-3)45-39-63(66)57-69/h10-51,55-60H,52-54H2,1-3H3. The largest absolute Gasteiger partial charge is 0.481 e. The van der Waals surface area contributed by atoms with Crippen LogP contribution in [0.2, 0.25) is 0 Å². The third kappa shape index (κ3) is 9.44. The Morgan fingerprint density at radius 3 is 0.770 bits per heavy atom. The van der Waals surface area contributed by atoms with Crippen LogP contribution in [0.25, 0.3) is 65.7 Å². The van der Waals surface area contributed by atoms with Gasteiger partial charge in [0.1, 0.15) is 52.1 Å². The van der Waals surface area contributed by atoms with Gasteiger partial charge in [-0.3, -0.25) is 4.90 Å². The Hall–Kier alpha value is -11.6. The van der Waals surface area contributed by atoms with Crippen molar-refractivity contribution in [3.8, 4) is 86.2 Å². The molecule has 0 spiro atoms. The van der Waals surface area contributed by atoms with Crippen molar-refractivity contribution >= 4 is 81.3 Å². The van der Waals surface area contributed by atoms with Crippen molar-refractivity contribution in [2.45, 2.75) is 37.0 Å². The zero-order chi connectivity index (χ0) is 66.9. The molecule has 100 heavy (non-hydrogen) atoms. The normalized spacial score (nSPS) is 13.5. The van der Waals surface area contributed by atoms with E-state index in [9.17, 15) is 0 Å². The van der Waals surface area contributed by atoms with Gasteiger partial charge in [0.05, 0.1) is 16.2 Å². The Labute approximate surface area is 595 Å². The Bertz CT molecular complexity index is 5290. The van der Waals surface area contributed by atoms with Gasteiger partial charge in [-0.2, -0.15) is 0 Å². The highest BCUT2D eigenvalue weighted by atomic mass is 32.1. The van der Waals surface area contributed by atoms with E-state index in [2.05, 4.69) is 332 Å². The topological polar surface area (TPSA) is 30.9 Å². The Morgan fingerprint density at radius 1 is 0.270 bits per heavy atom. The second kappa shape index (κ2) is 24.7. The van der Waals surface area contributed by atoms with E-state index in [0.29, 0.717) is 19.8 Å². The summed E-state index contributed by atoms with van der Waals surface area (Å²) in [6.07, 6.45) is 0.